The molecule has 4 N–H and O–H groups in total. The Labute approximate surface area is 116 Å². The standard InChI is InChI=1S/C15H16N2O3/c1-17(2)12-8-14(19)10(7-11(12)16)15(20)9-5-3-4-6-13(9)18/h3-8,18-19H,16H2,1-2H3. The first-order chi connectivity index (χ1) is 9.41. The molecule has 2 aromatic carbocycles. The van der Waals surface area contributed by atoms with Crippen LogP contribution in [0.2, 0.25) is 0 Å². The van der Waals surface area contributed by atoms with Crippen molar-refractivity contribution in [3.8, 4) is 11.5 Å². The van der Waals surface area contributed by atoms with Crippen LogP contribution in [0, 0.1) is 0 Å². The van der Waals surface area contributed by atoms with Gasteiger partial charge in [0.25, 0.3) is 0 Å². The van der Waals surface area contributed by atoms with Crippen LogP contribution in [0.3, 0.4) is 0 Å². The Bertz CT molecular complexity index is 666. The largest absolute Gasteiger partial charge is 0.507 e. The van der Waals surface area contributed by atoms with E-state index in [4.69, 9.17) is 5.73 Å². The van der Waals surface area contributed by atoms with E-state index in [1.165, 1.54) is 24.3 Å². The maximum absolute atomic E-state index is 12.3. The van der Waals surface area contributed by atoms with Crippen molar-refractivity contribution < 1.29 is 15.0 Å². The minimum absolute atomic E-state index is 0.0644. The number of carbonyl (C=O) groups excluding carboxylic acids is 1. The third-order valence-corrected chi connectivity index (χ3v) is 3.02. The molecule has 0 saturated heterocycles. The van der Waals surface area contributed by atoms with E-state index in [1.54, 1.807) is 31.1 Å². The summed E-state index contributed by atoms with van der Waals surface area (Å²) in [6, 6.07) is 9.02. The number of nitrogens with zero attached hydrogens (tertiary/aromatic N) is 1. The number of hydrogen-bond acceptors (Lipinski definition) is 5. The van der Waals surface area contributed by atoms with Crippen molar-refractivity contribution in [3.63, 3.8) is 0 Å². The highest BCUT2D eigenvalue weighted by atomic mass is 16.3. The van der Waals surface area contributed by atoms with Crippen molar-refractivity contribution in [2.75, 3.05) is 24.7 Å². The molecule has 0 bridgehead atoms. The summed E-state index contributed by atoms with van der Waals surface area (Å²) in [4.78, 5) is 14.1. The second-order valence-corrected chi connectivity index (χ2v) is 4.67. The van der Waals surface area contributed by atoms with Gasteiger partial charge in [0, 0.05) is 20.2 Å². The minimum atomic E-state index is -0.474. The van der Waals surface area contributed by atoms with Crippen LogP contribution in [0.25, 0.3) is 0 Å². The fourth-order valence-electron chi connectivity index (χ4n) is 1.97. The number of nitrogen functional groups attached to an aromatic ring is 1. The average Bonchev–Trinajstić information content (AvgIpc) is 2.40. The van der Waals surface area contributed by atoms with Crippen LogP contribution in [0.1, 0.15) is 15.9 Å². The number of anilines is 2. The minimum Gasteiger partial charge on any atom is -0.507 e. The summed E-state index contributed by atoms with van der Waals surface area (Å²) in [6.07, 6.45) is 0. The Balaban J connectivity index is 2.51. The van der Waals surface area contributed by atoms with Crippen LogP contribution < -0.4 is 10.6 Å². The van der Waals surface area contributed by atoms with E-state index in [2.05, 4.69) is 0 Å². The van der Waals surface area contributed by atoms with Crippen LogP contribution in [0.5, 0.6) is 11.5 Å². The van der Waals surface area contributed by atoms with E-state index >= 15 is 0 Å². The van der Waals surface area contributed by atoms with Gasteiger partial charge in [-0.1, -0.05) is 12.1 Å². The maximum atomic E-state index is 12.3. The number of para-hydroxylation sites is 1. The van der Waals surface area contributed by atoms with Gasteiger partial charge in [0.1, 0.15) is 11.5 Å². The normalized spacial score (nSPS) is 10.3. The molecule has 0 fully saturated rings. The molecule has 20 heavy (non-hydrogen) atoms. The molecule has 0 aliphatic heterocycles. The Morgan fingerprint density at radius 2 is 1.70 bits per heavy atom. The molecule has 0 unspecified atom stereocenters. The molecule has 0 aliphatic carbocycles. The molecule has 0 aromatic heterocycles. The van der Waals surface area contributed by atoms with E-state index in [9.17, 15) is 15.0 Å². The quantitative estimate of drug-likeness (QED) is 0.452. The highest BCUT2D eigenvalue weighted by molar-refractivity contribution is 6.13. The average molecular weight is 272 g/mol. The number of benzene rings is 2. The van der Waals surface area contributed by atoms with E-state index < -0.39 is 5.78 Å². The zero-order chi connectivity index (χ0) is 14.9. The number of carbonyl (C=O) groups is 1. The van der Waals surface area contributed by atoms with Crippen LogP contribution in [-0.4, -0.2) is 30.1 Å². The lowest BCUT2D eigenvalue weighted by Gasteiger charge is -2.17. The van der Waals surface area contributed by atoms with Gasteiger partial charge < -0.3 is 20.8 Å². The van der Waals surface area contributed by atoms with Crippen LogP contribution in [0.4, 0.5) is 11.4 Å². The molecule has 0 radical (unpaired) electrons. The fraction of sp³-hybridized carbons (Fsp3) is 0.133. The molecular weight excluding hydrogens is 256 g/mol. The second kappa shape index (κ2) is 5.13. The van der Waals surface area contributed by atoms with Crippen molar-refractivity contribution in [3.05, 3.63) is 47.5 Å². The third-order valence-electron chi connectivity index (χ3n) is 3.02. The Morgan fingerprint density at radius 3 is 2.30 bits per heavy atom. The fourth-order valence-corrected chi connectivity index (χ4v) is 1.97. The van der Waals surface area contributed by atoms with Crippen LogP contribution in [-0.2, 0) is 0 Å². The summed E-state index contributed by atoms with van der Waals surface area (Å²) in [5, 5.41) is 19.7. The van der Waals surface area contributed by atoms with Gasteiger partial charge >= 0.3 is 0 Å². The van der Waals surface area contributed by atoms with Crippen molar-refractivity contribution in [2.45, 2.75) is 0 Å². The summed E-state index contributed by atoms with van der Waals surface area (Å²) < 4.78 is 0. The molecule has 5 nitrogen and oxygen atoms in total. The van der Waals surface area contributed by atoms with Gasteiger partial charge in [0.2, 0.25) is 5.78 Å². The topological polar surface area (TPSA) is 86.8 Å². The predicted octanol–water partition coefficient (Wildman–Crippen LogP) is 1.98. The van der Waals surface area contributed by atoms with Crippen molar-refractivity contribution in [2.24, 2.45) is 0 Å². The number of ketones is 1. The Kier molecular flexibility index (Phi) is 3.52. The van der Waals surface area contributed by atoms with Gasteiger partial charge in [-0.15, -0.1) is 0 Å². The van der Waals surface area contributed by atoms with Crippen molar-refractivity contribution in [1.82, 2.24) is 0 Å². The van der Waals surface area contributed by atoms with Gasteiger partial charge in [-0.05, 0) is 18.2 Å². The number of nitrogens with two attached hydrogens (primary N) is 1. The van der Waals surface area contributed by atoms with Gasteiger partial charge in [0.15, 0.2) is 0 Å². The summed E-state index contributed by atoms with van der Waals surface area (Å²) in [6.45, 7) is 0. The van der Waals surface area contributed by atoms with Gasteiger partial charge in [-0.25, -0.2) is 0 Å². The summed E-state index contributed by atoms with van der Waals surface area (Å²) in [7, 11) is 3.57. The Hall–Kier alpha value is -2.69. The lowest BCUT2D eigenvalue weighted by molar-refractivity contribution is 0.103. The first-order valence-corrected chi connectivity index (χ1v) is 6.04. The van der Waals surface area contributed by atoms with Crippen molar-refractivity contribution in [1.29, 1.82) is 0 Å². The summed E-state index contributed by atoms with van der Waals surface area (Å²) in [5.41, 5.74) is 7.07. The lowest BCUT2D eigenvalue weighted by Crippen LogP contribution is -2.12. The van der Waals surface area contributed by atoms with Crippen LogP contribution >= 0.6 is 0 Å². The highest BCUT2D eigenvalue weighted by Crippen LogP contribution is 2.32. The third kappa shape index (κ3) is 2.38. The molecule has 104 valence electrons. The molecule has 0 atom stereocenters. The van der Waals surface area contributed by atoms with E-state index in [0.717, 1.165) is 0 Å². The molecule has 0 amide bonds. The van der Waals surface area contributed by atoms with Gasteiger partial charge in [-0.2, -0.15) is 0 Å². The number of aromatic hydroxyl groups is 2. The summed E-state index contributed by atoms with van der Waals surface area (Å²) >= 11 is 0. The van der Waals surface area contributed by atoms with E-state index in [1.807, 2.05) is 0 Å². The zero-order valence-electron chi connectivity index (χ0n) is 11.3. The predicted molar refractivity (Wildman–Crippen MR) is 78.4 cm³/mol. The number of phenolic OH excluding ortho intramolecular Hbond substituents is 2. The van der Waals surface area contributed by atoms with E-state index in [-0.39, 0.29) is 22.6 Å². The molecule has 0 saturated carbocycles. The highest BCUT2D eigenvalue weighted by Gasteiger charge is 2.19. The van der Waals surface area contributed by atoms with Crippen LogP contribution in [0.15, 0.2) is 36.4 Å². The van der Waals surface area contributed by atoms with Gasteiger partial charge in [0.05, 0.1) is 22.5 Å². The molecule has 2 aromatic rings. The number of rotatable bonds is 3. The zero-order valence-corrected chi connectivity index (χ0v) is 11.3. The molecular formula is C15H16N2O3. The molecule has 5 heteroatoms. The first kappa shape index (κ1) is 13.7. The molecule has 0 spiro atoms. The monoisotopic (exact) mass is 272 g/mol. The SMILES string of the molecule is CN(C)c1cc(O)c(C(=O)c2ccccc2O)cc1N. The molecule has 0 heterocycles. The number of phenols is 2. The number of hydrogen-bond donors (Lipinski definition) is 3. The van der Waals surface area contributed by atoms with E-state index in [0.29, 0.717) is 11.4 Å². The van der Waals surface area contributed by atoms with Crippen molar-refractivity contribution >= 4 is 17.2 Å². The second-order valence-electron chi connectivity index (χ2n) is 4.67. The van der Waals surface area contributed by atoms with Gasteiger partial charge in [-0.3, -0.25) is 4.79 Å². The first-order valence-electron chi connectivity index (χ1n) is 6.04. The smallest absolute Gasteiger partial charge is 0.200 e. The Morgan fingerprint density at radius 1 is 1.05 bits per heavy atom. The lowest BCUT2D eigenvalue weighted by atomic mass is 10.0. The molecule has 2 rings (SSSR count). The maximum Gasteiger partial charge on any atom is 0.200 e. The molecule has 0 aliphatic rings. The summed E-state index contributed by atoms with van der Waals surface area (Å²) in [5.74, 6) is -0.777.